The molecule has 1 aromatic rings. The van der Waals surface area contributed by atoms with Crippen molar-refractivity contribution in [2.45, 2.75) is 44.8 Å². The van der Waals surface area contributed by atoms with Crippen LogP contribution in [0.25, 0.3) is 0 Å². The summed E-state index contributed by atoms with van der Waals surface area (Å²) in [6.07, 6.45) is 0. The van der Waals surface area contributed by atoms with Crippen molar-refractivity contribution in [3.05, 3.63) is 32.3 Å². The maximum absolute atomic E-state index is 11.0. The van der Waals surface area contributed by atoms with E-state index in [0.717, 1.165) is 0 Å². The van der Waals surface area contributed by atoms with Gasteiger partial charge in [0.25, 0.3) is 5.69 Å². The van der Waals surface area contributed by atoms with E-state index in [1.165, 1.54) is 12.1 Å². The van der Waals surface area contributed by atoms with E-state index in [2.05, 4.69) is 15.9 Å². The number of nitro groups is 1. The maximum atomic E-state index is 11.0. The fraction of sp³-hybridized carbons (Fsp3) is 0.538. The molecule has 3 N–H and O–H groups in total. The van der Waals surface area contributed by atoms with Crippen molar-refractivity contribution in [3.8, 4) is 5.75 Å². The first kappa shape index (κ1) is 17.2. The average molecular weight is 373 g/mol. The van der Waals surface area contributed by atoms with Crippen LogP contribution in [0.2, 0.25) is 0 Å². The molecule has 22 heavy (non-hydrogen) atoms. The molecular weight excluding hydrogens is 355 g/mol. The Morgan fingerprint density at radius 3 is 2.27 bits per heavy atom. The molecule has 120 valence electrons. The van der Waals surface area contributed by atoms with Crippen molar-refractivity contribution in [3.63, 3.8) is 0 Å². The lowest BCUT2D eigenvalue weighted by Crippen LogP contribution is -2.41. The van der Waals surface area contributed by atoms with E-state index in [4.69, 9.17) is 15.0 Å². The quantitative estimate of drug-likeness (QED) is 0.479. The van der Waals surface area contributed by atoms with Gasteiger partial charge in [-0.15, -0.1) is 0 Å². The highest BCUT2D eigenvalue weighted by Crippen LogP contribution is 2.42. The lowest BCUT2D eigenvalue weighted by atomic mass is 9.74. The van der Waals surface area contributed by atoms with Crippen LogP contribution >= 0.6 is 15.9 Å². The number of halogens is 1. The van der Waals surface area contributed by atoms with Crippen molar-refractivity contribution in [2.24, 2.45) is 5.73 Å². The fourth-order valence-electron chi connectivity index (χ4n) is 2.15. The number of non-ortho nitro benzene ring substituents is 1. The highest BCUT2D eigenvalue weighted by Gasteiger charge is 2.53. The van der Waals surface area contributed by atoms with Gasteiger partial charge in [-0.1, -0.05) is 0 Å². The monoisotopic (exact) mass is 372 g/mol. The molecule has 1 aliphatic heterocycles. The van der Waals surface area contributed by atoms with Gasteiger partial charge in [0.1, 0.15) is 5.75 Å². The summed E-state index contributed by atoms with van der Waals surface area (Å²) in [4.78, 5) is 10.4. The van der Waals surface area contributed by atoms with Gasteiger partial charge in [0.2, 0.25) is 0 Å². The summed E-state index contributed by atoms with van der Waals surface area (Å²) in [6, 6.07) is 2.45. The van der Waals surface area contributed by atoms with Gasteiger partial charge in [-0.3, -0.25) is 10.1 Å². The van der Waals surface area contributed by atoms with Crippen LogP contribution in [-0.4, -0.2) is 28.4 Å². The minimum absolute atomic E-state index is 0.159. The standard InChI is InChI=1S/C13H18BBrN2O5/c1-12(2)13(3,4)22-14(21-12)11(16)8-5-7(17(19)20)6-9(15)10(8)18/h5-6,11,18H,16H2,1-4H3/t11-/m1/s1. The zero-order valence-corrected chi connectivity index (χ0v) is 14.4. The van der Waals surface area contributed by atoms with Gasteiger partial charge < -0.3 is 20.1 Å². The van der Waals surface area contributed by atoms with E-state index in [0.29, 0.717) is 0 Å². The fourth-order valence-corrected chi connectivity index (χ4v) is 2.61. The Bertz CT molecular complexity index is 607. The van der Waals surface area contributed by atoms with Crippen LogP contribution in [0.15, 0.2) is 16.6 Å². The average Bonchev–Trinajstić information content (AvgIpc) is 2.60. The Hall–Kier alpha value is -1.16. The highest BCUT2D eigenvalue weighted by molar-refractivity contribution is 9.10. The Morgan fingerprint density at radius 2 is 1.82 bits per heavy atom. The first-order valence-electron chi connectivity index (χ1n) is 6.74. The number of hydrogen-bond acceptors (Lipinski definition) is 6. The van der Waals surface area contributed by atoms with Crippen LogP contribution in [0.3, 0.4) is 0 Å². The Labute approximate surface area is 137 Å². The van der Waals surface area contributed by atoms with Gasteiger partial charge in [0, 0.05) is 17.7 Å². The summed E-state index contributed by atoms with van der Waals surface area (Å²) in [6.45, 7) is 7.51. The number of aromatic hydroxyl groups is 1. The second kappa shape index (κ2) is 5.49. The number of nitrogens with zero attached hydrogens (tertiary/aromatic N) is 1. The molecule has 1 saturated heterocycles. The van der Waals surface area contributed by atoms with Crippen LogP contribution in [0.1, 0.15) is 39.2 Å². The van der Waals surface area contributed by atoms with E-state index >= 15 is 0 Å². The van der Waals surface area contributed by atoms with Crippen molar-refractivity contribution in [2.75, 3.05) is 0 Å². The molecule has 1 heterocycles. The van der Waals surface area contributed by atoms with Gasteiger partial charge in [0.05, 0.1) is 26.5 Å². The smallest absolute Gasteiger partial charge is 0.480 e. The highest BCUT2D eigenvalue weighted by atomic mass is 79.9. The normalized spacial score (nSPS) is 20.9. The Kier molecular flexibility index (Phi) is 4.29. The van der Waals surface area contributed by atoms with Crippen molar-refractivity contribution in [1.29, 1.82) is 0 Å². The third-order valence-corrected chi connectivity index (χ3v) is 4.82. The second-order valence-electron chi connectivity index (χ2n) is 6.27. The molecule has 1 atom stereocenters. The number of rotatable bonds is 3. The van der Waals surface area contributed by atoms with Crippen LogP contribution in [-0.2, 0) is 9.31 Å². The third-order valence-electron chi connectivity index (χ3n) is 4.21. The first-order chi connectivity index (χ1) is 9.96. The number of phenolic OH excluding ortho intramolecular Hbond substituents is 1. The van der Waals surface area contributed by atoms with Crippen molar-refractivity contribution < 1.29 is 19.3 Å². The first-order valence-corrected chi connectivity index (χ1v) is 7.53. The van der Waals surface area contributed by atoms with Crippen LogP contribution in [0.4, 0.5) is 5.69 Å². The van der Waals surface area contributed by atoms with Crippen molar-refractivity contribution >= 4 is 28.7 Å². The zero-order valence-electron chi connectivity index (χ0n) is 12.8. The van der Waals surface area contributed by atoms with Gasteiger partial charge in [0.15, 0.2) is 0 Å². The molecule has 0 saturated carbocycles. The molecule has 0 radical (unpaired) electrons. The molecule has 9 heteroatoms. The van der Waals surface area contributed by atoms with Crippen LogP contribution < -0.4 is 5.73 Å². The number of phenols is 1. The second-order valence-corrected chi connectivity index (χ2v) is 7.13. The zero-order chi connectivity index (χ0) is 16.9. The molecule has 0 aliphatic carbocycles. The minimum atomic E-state index is -0.864. The predicted octanol–water partition coefficient (Wildman–Crippen LogP) is 2.69. The lowest BCUT2D eigenvalue weighted by molar-refractivity contribution is -0.385. The van der Waals surface area contributed by atoms with Crippen molar-refractivity contribution in [1.82, 2.24) is 0 Å². The summed E-state index contributed by atoms with van der Waals surface area (Å²) in [7, 11) is -0.815. The molecule has 0 amide bonds. The molecule has 0 bridgehead atoms. The molecule has 0 spiro atoms. The Morgan fingerprint density at radius 1 is 1.32 bits per heavy atom. The summed E-state index contributed by atoms with van der Waals surface area (Å²) in [5.74, 6) is -1.02. The largest absolute Gasteiger partial charge is 0.506 e. The SMILES string of the molecule is CC1(C)OB([C@H](N)c2cc([N+](=O)[O-])cc(Br)c2O)OC1(C)C. The van der Waals surface area contributed by atoms with Gasteiger partial charge in [-0.25, -0.2) is 0 Å². The summed E-state index contributed by atoms with van der Waals surface area (Å²) >= 11 is 3.10. The molecule has 1 aromatic carbocycles. The van der Waals surface area contributed by atoms with E-state index in [-0.39, 0.29) is 21.5 Å². The molecule has 0 unspecified atom stereocenters. The van der Waals surface area contributed by atoms with Gasteiger partial charge >= 0.3 is 7.12 Å². The third kappa shape index (κ3) is 2.86. The van der Waals surface area contributed by atoms with E-state index in [1.54, 1.807) is 0 Å². The lowest BCUT2D eigenvalue weighted by Gasteiger charge is -2.32. The summed E-state index contributed by atoms with van der Waals surface area (Å²) in [5, 5.41) is 21.1. The summed E-state index contributed by atoms with van der Waals surface area (Å²) < 4.78 is 11.9. The topological polar surface area (TPSA) is 108 Å². The molecule has 1 fully saturated rings. The van der Waals surface area contributed by atoms with Gasteiger partial charge in [-0.2, -0.15) is 0 Å². The predicted molar refractivity (Wildman–Crippen MR) is 85.5 cm³/mol. The van der Waals surface area contributed by atoms with E-state index in [9.17, 15) is 15.2 Å². The van der Waals surface area contributed by atoms with Crippen LogP contribution in [0, 0.1) is 10.1 Å². The number of nitro benzene ring substituents is 1. The summed E-state index contributed by atoms with van der Waals surface area (Å²) in [5.41, 5.74) is 4.99. The molecule has 0 aromatic heterocycles. The molecule has 1 aliphatic rings. The Balaban J connectivity index is 2.39. The molecule has 7 nitrogen and oxygen atoms in total. The van der Waals surface area contributed by atoms with E-state index < -0.39 is 29.2 Å². The van der Waals surface area contributed by atoms with E-state index in [1.807, 2.05) is 27.7 Å². The number of benzene rings is 1. The molecular formula is C13H18BBrN2O5. The van der Waals surface area contributed by atoms with Crippen LogP contribution in [0.5, 0.6) is 5.75 Å². The molecule has 2 rings (SSSR count). The number of hydrogen-bond donors (Lipinski definition) is 2. The van der Waals surface area contributed by atoms with Gasteiger partial charge in [-0.05, 0) is 43.6 Å². The maximum Gasteiger partial charge on any atom is 0.480 e. The number of nitrogens with two attached hydrogens (primary N) is 1. The minimum Gasteiger partial charge on any atom is -0.506 e.